The highest BCUT2D eigenvalue weighted by Crippen LogP contribution is 2.25. The van der Waals surface area contributed by atoms with Crippen molar-refractivity contribution in [1.82, 2.24) is 10.2 Å². The maximum atomic E-state index is 13.9. The van der Waals surface area contributed by atoms with Crippen molar-refractivity contribution in [2.24, 2.45) is 5.92 Å². The van der Waals surface area contributed by atoms with Gasteiger partial charge in [-0.05, 0) is 30.4 Å². The predicted molar refractivity (Wildman–Crippen MR) is 87.4 cm³/mol. The van der Waals surface area contributed by atoms with Crippen molar-refractivity contribution >= 4 is 6.03 Å². The van der Waals surface area contributed by atoms with Gasteiger partial charge in [-0.3, -0.25) is 0 Å². The monoisotopic (exact) mass is 306 g/mol. The number of amides is 2. The molecule has 0 spiro atoms. The van der Waals surface area contributed by atoms with Crippen LogP contribution in [0.1, 0.15) is 45.6 Å². The molecule has 4 heteroatoms. The fourth-order valence-corrected chi connectivity index (χ4v) is 3.10. The molecule has 1 aromatic carbocycles. The molecule has 1 aliphatic heterocycles. The highest BCUT2D eigenvalue weighted by atomic mass is 19.1. The molecule has 22 heavy (non-hydrogen) atoms. The van der Waals surface area contributed by atoms with Gasteiger partial charge in [-0.25, -0.2) is 9.18 Å². The van der Waals surface area contributed by atoms with Gasteiger partial charge in [0.1, 0.15) is 5.82 Å². The molecule has 0 aliphatic carbocycles. The van der Waals surface area contributed by atoms with Crippen LogP contribution in [-0.2, 0) is 5.41 Å². The smallest absolute Gasteiger partial charge is 0.317 e. The highest BCUT2D eigenvalue weighted by Gasteiger charge is 2.27. The largest absolute Gasteiger partial charge is 0.337 e. The number of urea groups is 1. The van der Waals surface area contributed by atoms with E-state index in [4.69, 9.17) is 0 Å². The van der Waals surface area contributed by atoms with E-state index >= 15 is 0 Å². The molecule has 1 heterocycles. The van der Waals surface area contributed by atoms with E-state index in [1.165, 1.54) is 12.5 Å². The van der Waals surface area contributed by atoms with Crippen LogP contribution < -0.4 is 5.32 Å². The van der Waals surface area contributed by atoms with E-state index in [9.17, 15) is 9.18 Å². The Morgan fingerprint density at radius 2 is 2.14 bits per heavy atom. The summed E-state index contributed by atoms with van der Waals surface area (Å²) < 4.78 is 13.9. The van der Waals surface area contributed by atoms with E-state index in [2.05, 4.69) is 12.2 Å². The summed E-state index contributed by atoms with van der Waals surface area (Å²) >= 11 is 0. The summed E-state index contributed by atoms with van der Waals surface area (Å²) in [6, 6.07) is 6.75. The number of piperidine rings is 1. The fourth-order valence-electron chi connectivity index (χ4n) is 3.10. The Morgan fingerprint density at radius 3 is 2.82 bits per heavy atom. The summed E-state index contributed by atoms with van der Waals surface area (Å²) in [5.41, 5.74) is 0.210. The van der Waals surface area contributed by atoms with E-state index in [0.717, 1.165) is 25.9 Å². The Balaban J connectivity index is 1.94. The van der Waals surface area contributed by atoms with Crippen molar-refractivity contribution in [1.29, 1.82) is 0 Å². The lowest BCUT2D eigenvalue weighted by Crippen LogP contribution is -2.48. The molecule has 0 radical (unpaired) electrons. The Labute approximate surface area is 132 Å². The Hall–Kier alpha value is -1.58. The van der Waals surface area contributed by atoms with E-state index in [1.807, 2.05) is 24.8 Å². The second kappa shape index (κ2) is 7.12. The zero-order valence-electron chi connectivity index (χ0n) is 13.9. The number of nitrogens with one attached hydrogen (secondary N) is 1. The molecular weight excluding hydrogens is 279 g/mol. The van der Waals surface area contributed by atoms with Gasteiger partial charge in [0.2, 0.25) is 0 Å². The number of carbonyl (C=O) groups excluding carboxylic acids is 1. The second-order valence-electron chi connectivity index (χ2n) is 6.88. The lowest BCUT2D eigenvalue weighted by Gasteiger charge is -2.34. The van der Waals surface area contributed by atoms with Crippen molar-refractivity contribution in [2.75, 3.05) is 19.6 Å². The predicted octanol–water partition coefficient (Wildman–Crippen LogP) is 3.93. The van der Waals surface area contributed by atoms with Gasteiger partial charge in [0.15, 0.2) is 0 Å². The van der Waals surface area contributed by atoms with Crippen LogP contribution in [0.3, 0.4) is 0 Å². The highest BCUT2D eigenvalue weighted by molar-refractivity contribution is 5.74. The van der Waals surface area contributed by atoms with Gasteiger partial charge in [-0.15, -0.1) is 0 Å². The molecule has 3 nitrogen and oxygen atoms in total. The number of carbonyl (C=O) groups is 1. The fraction of sp³-hybridized carbons (Fsp3) is 0.611. The van der Waals surface area contributed by atoms with Gasteiger partial charge < -0.3 is 10.2 Å². The average molecular weight is 306 g/mol. The Kier molecular flexibility index (Phi) is 5.43. The van der Waals surface area contributed by atoms with Crippen LogP contribution in [0.25, 0.3) is 0 Å². The van der Waals surface area contributed by atoms with Gasteiger partial charge >= 0.3 is 6.03 Å². The summed E-state index contributed by atoms with van der Waals surface area (Å²) in [7, 11) is 0. The molecular formula is C18H27FN2O. The molecule has 1 atom stereocenters. The molecule has 122 valence electrons. The first-order valence-corrected chi connectivity index (χ1v) is 8.22. The van der Waals surface area contributed by atoms with E-state index < -0.39 is 5.41 Å². The summed E-state index contributed by atoms with van der Waals surface area (Å²) in [6.07, 6.45) is 3.40. The lowest BCUT2D eigenvalue weighted by molar-refractivity contribution is 0.162. The van der Waals surface area contributed by atoms with Gasteiger partial charge in [0.25, 0.3) is 0 Å². The minimum absolute atomic E-state index is 0.0254. The van der Waals surface area contributed by atoms with E-state index in [0.29, 0.717) is 18.0 Å². The number of likely N-dealkylation sites (tertiary alicyclic amines) is 1. The molecule has 1 unspecified atom stereocenters. The number of benzene rings is 1. The van der Waals surface area contributed by atoms with Crippen LogP contribution in [0, 0.1) is 11.7 Å². The third-order valence-corrected chi connectivity index (χ3v) is 4.67. The maximum absolute atomic E-state index is 13.9. The van der Waals surface area contributed by atoms with Gasteiger partial charge in [0.05, 0.1) is 0 Å². The Bertz CT molecular complexity index is 516. The lowest BCUT2D eigenvalue weighted by atomic mass is 9.84. The first-order chi connectivity index (χ1) is 10.4. The third kappa shape index (κ3) is 3.99. The Morgan fingerprint density at radius 1 is 1.41 bits per heavy atom. The minimum Gasteiger partial charge on any atom is -0.337 e. The normalized spacial score (nSPS) is 19.1. The van der Waals surface area contributed by atoms with Crippen LogP contribution in [0.15, 0.2) is 24.3 Å². The van der Waals surface area contributed by atoms with Crippen molar-refractivity contribution < 1.29 is 9.18 Å². The molecule has 2 rings (SSSR count). The maximum Gasteiger partial charge on any atom is 0.317 e. The standard InChI is InChI=1S/C18H27FN2O/c1-4-14-8-7-11-21(12-14)17(22)20-13-18(2,3)15-9-5-6-10-16(15)19/h5-6,9-10,14H,4,7-8,11-13H2,1-3H3,(H,20,22). The zero-order valence-corrected chi connectivity index (χ0v) is 13.9. The van der Waals surface area contributed by atoms with Crippen LogP contribution in [0.5, 0.6) is 0 Å². The zero-order chi connectivity index (χ0) is 16.2. The molecule has 1 N–H and O–H groups in total. The molecule has 0 aromatic heterocycles. The molecule has 0 bridgehead atoms. The molecule has 2 amide bonds. The van der Waals surface area contributed by atoms with Crippen LogP contribution in [0.4, 0.5) is 9.18 Å². The van der Waals surface area contributed by atoms with E-state index in [1.54, 1.807) is 12.1 Å². The van der Waals surface area contributed by atoms with E-state index in [-0.39, 0.29) is 11.8 Å². The average Bonchev–Trinajstić information content (AvgIpc) is 2.53. The SMILES string of the molecule is CCC1CCCN(C(=O)NCC(C)(C)c2ccccc2F)C1. The quantitative estimate of drug-likeness (QED) is 0.898. The summed E-state index contributed by atoms with van der Waals surface area (Å²) in [5.74, 6) is 0.393. The first-order valence-electron chi connectivity index (χ1n) is 8.22. The van der Waals surface area contributed by atoms with Gasteiger partial charge in [-0.1, -0.05) is 45.4 Å². The van der Waals surface area contributed by atoms with Gasteiger partial charge in [-0.2, -0.15) is 0 Å². The first kappa shape index (κ1) is 16.8. The number of halogens is 1. The summed E-state index contributed by atoms with van der Waals surface area (Å²) in [6.45, 7) is 8.17. The topological polar surface area (TPSA) is 32.3 Å². The number of rotatable bonds is 4. The van der Waals surface area contributed by atoms with Gasteiger partial charge in [0, 0.05) is 25.0 Å². The summed E-state index contributed by atoms with van der Waals surface area (Å²) in [5, 5.41) is 2.98. The molecule has 1 aromatic rings. The molecule has 1 aliphatic rings. The van der Waals surface area contributed by atoms with Crippen molar-refractivity contribution in [2.45, 2.75) is 45.4 Å². The van der Waals surface area contributed by atoms with Crippen LogP contribution in [-0.4, -0.2) is 30.6 Å². The summed E-state index contributed by atoms with van der Waals surface area (Å²) in [4.78, 5) is 14.2. The van der Waals surface area contributed by atoms with Crippen molar-refractivity contribution in [3.8, 4) is 0 Å². The van der Waals surface area contributed by atoms with Crippen LogP contribution >= 0.6 is 0 Å². The second-order valence-corrected chi connectivity index (χ2v) is 6.88. The van der Waals surface area contributed by atoms with Crippen molar-refractivity contribution in [3.05, 3.63) is 35.6 Å². The minimum atomic E-state index is -0.430. The molecule has 1 fully saturated rings. The number of hydrogen-bond donors (Lipinski definition) is 1. The number of hydrogen-bond acceptors (Lipinski definition) is 1. The van der Waals surface area contributed by atoms with Crippen LogP contribution in [0.2, 0.25) is 0 Å². The van der Waals surface area contributed by atoms with Crippen molar-refractivity contribution in [3.63, 3.8) is 0 Å². The molecule has 0 saturated carbocycles. The number of nitrogens with zero attached hydrogens (tertiary/aromatic N) is 1. The third-order valence-electron chi connectivity index (χ3n) is 4.67. The molecule has 1 saturated heterocycles.